The molecule has 0 amide bonds. The number of ether oxygens (including phenoxy) is 3. The molecule has 1 atom stereocenters. The molecule has 0 fully saturated rings. The van der Waals surface area contributed by atoms with E-state index in [1.165, 1.54) is 135 Å². The Hall–Kier alpha value is -3.15. The number of hydrogen-bond donors (Lipinski definition) is 0. The lowest BCUT2D eigenvalue weighted by atomic mass is 10.1. The third kappa shape index (κ3) is 51.8. The Labute approximate surface area is 408 Å². The fourth-order valence-corrected chi connectivity index (χ4v) is 7.68. The topological polar surface area (TPSA) is 78.9 Å². The maximum Gasteiger partial charge on any atom is 0.306 e. The molecule has 0 heterocycles. The van der Waals surface area contributed by atoms with E-state index in [0.29, 0.717) is 19.3 Å². The number of esters is 3. The molecule has 0 aliphatic heterocycles. The molecule has 0 bridgehead atoms. The largest absolute Gasteiger partial charge is 0.462 e. The Kier molecular flexibility index (Phi) is 51.9. The molecule has 6 heteroatoms. The van der Waals surface area contributed by atoms with E-state index in [-0.39, 0.29) is 37.5 Å². The van der Waals surface area contributed by atoms with Gasteiger partial charge in [0, 0.05) is 19.3 Å². The molecule has 66 heavy (non-hydrogen) atoms. The van der Waals surface area contributed by atoms with Gasteiger partial charge in [-0.15, -0.1) is 0 Å². The molecule has 0 rings (SSSR count). The van der Waals surface area contributed by atoms with Crippen LogP contribution in [-0.2, 0) is 28.6 Å². The molecule has 0 saturated heterocycles. The van der Waals surface area contributed by atoms with E-state index in [4.69, 9.17) is 14.2 Å². The van der Waals surface area contributed by atoms with Gasteiger partial charge in [-0.3, -0.25) is 14.4 Å². The highest BCUT2D eigenvalue weighted by Gasteiger charge is 2.19. The van der Waals surface area contributed by atoms with E-state index in [1.807, 2.05) is 0 Å². The minimum atomic E-state index is -0.814. The second-order valence-electron chi connectivity index (χ2n) is 18.5. The second kappa shape index (κ2) is 54.5. The SMILES string of the molecule is CCCCCCCC/C=C\C/C=C\C/C=C\CCCC(=O)OC(COC(=O)CCCCC/C=C\CCCCCCCC)COC(=O)CCCCCCC/C=C\C=C/CCCCCCCCC. The molecule has 0 aromatic heterocycles. The second-order valence-corrected chi connectivity index (χ2v) is 18.5. The fourth-order valence-electron chi connectivity index (χ4n) is 7.68. The zero-order valence-electron chi connectivity index (χ0n) is 43.4. The number of allylic oxidation sites excluding steroid dienone is 12. The highest BCUT2D eigenvalue weighted by molar-refractivity contribution is 5.71. The van der Waals surface area contributed by atoms with Gasteiger partial charge in [0.25, 0.3) is 0 Å². The molecule has 6 nitrogen and oxygen atoms in total. The van der Waals surface area contributed by atoms with Crippen LogP contribution in [0.15, 0.2) is 72.9 Å². The lowest BCUT2D eigenvalue weighted by Gasteiger charge is -2.18. The molecule has 0 radical (unpaired) electrons. The van der Waals surface area contributed by atoms with Crippen LogP contribution < -0.4 is 0 Å². The van der Waals surface area contributed by atoms with Crippen molar-refractivity contribution in [2.45, 2.75) is 277 Å². The van der Waals surface area contributed by atoms with Gasteiger partial charge in [0.1, 0.15) is 13.2 Å². The van der Waals surface area contributed by atoms with Gasteiger partial charge < -0.3 is 14.2 Å². The summed E-state index contributed by atoms with van der Waals surface area (Å²) in [4.78, 5) is 38.0. The molecule has 0 aliphatic rings. The van der Waals surface area contributed by atoms with Crippen LogP contribution in [0.3, 0.4) is 0 Å². The summed E-state index contributed by atoms with van der Waals surface area (Å²) in [7, 11) is 0. The first-order valence-corrected chi connectivity index (χ1v) is 28.0. The summed E-state index contributed by atoms with van der Waals surface area (Å²) in [6.45, 7) is 6.56. The summed E-state index contributed by atoms with van der Waals surface area (Å²) >= 11 is 0. The number of hydrogen-bond acceptors (Lipinski definition) is 6. The van der Waals surface area contributed by atoms with Crippen LogP contribution in [0.4, 0.5) is 0 Å². The molecule has 0 aromatic rings. The Bertz CT molecular complexity index is 1240. The van der Waals surface area contributed by atoms with Crippen LogP contribution in [0.2, 0.25) is 0 Å². The predicted octanol–water partition coefficient (Wildman–Crippen LogP) is 18.6. The third-order valence-electron chi connectivity index (χ3n) is 11.9. The average Bonchev–Trinajstić information content (AvgIpc) is 3.31. The maximum atomic E-state index is 12.8. The lowest BCUT2D eigenvalue weighted by Crippen LogP contribution is -2.30. The van der Waals surface area contributed by atoms with Gasteiger partial charge in [-0.2, -0.15) is 0 Å². The standard InChI is InChI=1S/C60H104O6/c1-4-7-10-13-16-19-22-25-27-29-31-32-35-38-41-44-47-50-53-59(62)65-56-57(55-64-58(61)52-49-46-43-40-37-34-24-21-18-15-12-9-6-3)66-60(63)54-51-48-45-42-39-36-33-30-28-26-23-20-17-14-11-8-5-2/h26-29,31-34,36-37,42,45,57H,4-25,30,35,38-41,43-44,46-56H2,1-3H3/b28-26-,29-27-,32-31-,36-33-,37-34-,45-42-. The summed E-state index contributed by atoms with van der Waals surface area (Å²) in [5, 5.41) is 0. The van der Waals surface area contributed by atoms with Crippen molar-refractivity contribution in [1.82, 2.24) is 0 Å². The zero-order chi connectivity index (χ0) is 47.9. The highest BCUT2D eigenvalue weighted by Crippen LogP contribution is 2.13. The van der Waals surface area contributed by atoms with Gasteiger partial charge in [-0.05, 0) is 103 Å². The maximum absolute atomic E-state index is 12.8. The van der Waals surface area contributed by atoms with Crippen LogP contribution in [-0.4, -0.2) is 37.2 Å². The number of carbonyl (C=O) groups excluding carboxylic acids is 3. The van der Waals surface area contributed by atoms with Crippen molar-refractivity contribution >= 4 is 17.9 Å². The minimum absolute atomic E-state index is 0.108. The fraction of sp³-hybridized carbons (Fsp3) is 0.750. The zero-order valence-corrected chi connectivity index (χ0v) is 43.4. The number of carbonyl (C=O) groups is 3. The normalized spacial score (nSPS) is 12.6. The van der Waals surface area contributed by atoms with Crippen LogP contribution >= 0.6 is 0 Å². The van der Waals surface area contributed by atoms with E-state index < -0.39 is 6.10 Å². The molecule has 0 aliphatic carbocycles. The summed E-state index contributed by atoms with van der Waals surface area (Å²) in [6.07, 6.45) is 69.0. The van der Waals surface area contributed by atoms with Crippen LogP contribution in [0.1, 0.15) is 271 Å². The van der Waals surface area contributed by atoms with Crippen molar-refractivity contribution in [2.24, 2.45) is 0 Å². The Morgan fingerprint density at radius 1 is 0.318 bits per heavy atom. The molecule has 0 N–H and O–H groups in total. The Morgan fingerprint density at radius 3 is 1.02 bits per heavy atom. The Morgan fingerprint density at radius 2 is 0.606 bits per heavy atom. The van der Waals surface area contributed by atoms with Gasteiger partial charge in [-0.1, -0.05) is 222 Å². The number of unbranched alkanes of at least 4 members (excludes halogenated alkanes) is 28. The molecule has 1 unspecified atom stereocenters. The molecule has 0 spiro atoms. The van der Waals surface area contributed by atoms with E-state index in [1.54, 1.807) is 0 Å². The van der Waals surface area contributed by atoms with Gasteiger partial charge in [0.2, 0.25) is 0 Å². The van der Waals surface area contributed by atoms with Crippen LogP contribution in [0.5, 0.6) is 0 Å². The van der Waals surface area contributed by atoms with Crippen molar-refractivity contribution in [2.75, 3.05) is 13.2 Å². The summed E-state index contributed by atoms with van der Waals surface area (Å²) < 4.78 is 16.8. The number of rotatable bonds is 50. The van der Waals surface area contributed by atoms with E-state index in [2.05, 4.69) is 93.7 Å². The van der Waals surface area contributed by atoms with Gasteiger partial charge >= 0.3 is 17.9 Å². The first kappa shape index (κ1) is 62.8. The van der Waals surface area contributed by atoms with Gasteiger partial charge in [0.15, 0.2) is 6.10 Å². The first-order chi connectivity index (χ1) is 32.5. The van der Waals surface area contributed by atoms with Crippen LogP contribution in [0, 0.1) is 0 Å². The van der Waals surface area contributed by atoms with E-state index in [0.717, 1.165) is 89.9 Å². The molecule has 0 aromatic carbocycles. The van der Waals surface area contributed by atoms with Crippen molar-refractivity contribution in [3.8, 4) is 0 Å². The molecular formula is C60H104O6. The Balaban J connectivity index is 4.49. The predicted molar refractivity (Wildman–Crippen MR) is 284 cm³/mol. The van der Waals surface area contributed by atoms with Gasteiger partial charge in [-0.25, -0.2) is 0 Å². The smallest absolute Gasteiger partial charge is 0.306 e. The average molecular weight is 921 g/mol. The van der Waals surface area contributed by atoms with Crippen molar-refractivity contribution in [1.29, 1.82) is 0 Å². The highest BCUT2D eigenvalue weighted by atomic mass is 16.6. The van der Waals surface area contributed by atoms with Gasteiger partial charge in [0.05, 0.1) is 0 Å². The minimum Gasteiger partial charge on any atom is -0.462 e. The summed E-state index contributed by atoms with van der Waals surface area (Å²) in [6, 6.07) is 0. The third-order valence-corrected chi connectivity index (χ3v) is 11.9. The van der Waals surface area contributed by atoms with Crippen molar-refractivity contribution in [3.05, 3.63) is 72.9 Å². The van der Waals surface area contributed by atoms with Crippen molar-refractivity contribution < 1.29 is 28.6 Å². The summed E-state index contributed by atoms with van der Waals surface area (Å²) in [5.41, 5.74) is 0. The first-order valence-electron chi connectivity index (χ1n) is 28.0. The summed E-state index contributed by atoms with van der Waals surface area (Å²) in [5.74, 6) is -0.986. The molecular weight excluding hydrogens is 817 g/mol. The van der Waals surface area contributed by atoms with Crippen LogP contribution in [0.25, 0.3) is 0 Å². The van der Waals surface area contributed by atoms with Crippen molar-refractivity contribution in [3.63, 3.8) is 0 Å². The monoisotopic (exact) mass is 921 g/mol. The van der Waals surface area contributed by atoms with E-state index >= 15 is 0 Å². The molecule has 380 valence electrons. The lowest BCUT2D eigenvalue weighted by molar-refractivity contribution is -0.167. The molecule has 0 saturated carbocycles. The van der Waals surface area contributed by atoms with E-state index in [9.17, 15) is 14.4 Å². The quantitative estimate of drug-likeness (QED) is 0.0199.